The van der Waals surface area contributed by atoms with E-state index in [1.807, 2.05) is 20.8 Å². The Morgan fingerprint density at radius 3 is 2.40 bits per heavy atom. The number of aliphatic hydroxyl groups is 1. The minimum atomic E-state index is -1.17. The molecular weight excluding hydrogens is 320 g/mol. The second-order valence-electron chi connectivity index (χ2n) is 9.01. The number of Topliss-reactive ketones (excluding diaryl/α,β-unsaturated/α-hetero) is 1. The number of hydrogen-bond acceptors (Lipinski definition) is 5. The standard InChI is InChI=1S/C20H30O5/c1-11(2)13-9-15-18(4,10-14(13)21)8-7-16(19(15,5)23)24-17(22)20(6)12(3)25-20/h12,15-16,23H,7-10H2,1-6H3/t12?,15?,16-,18-,19+,20?/m0/s1. The van der Waals surface area contributed by atoms with Gasteiger partial charge in [0.1, 0.15) is 11.7 Å². The van der Waals surface area contributed by atoms with Gasteiger partial charge in [0.25, 0.3) is 0 Å². The summed E-state index contributed by atoms with van der Waals surface area (Å²) in [7, 11) is 0. The van der Waals surface area contributed by atoms with E-state index in [1.165, 1.54) is 0 Å². The van der Waals surface area contributed by atoms with Crippen molar-refractivity contribution in [1.82, 2.24) is 0 Å². The molecule has 2 saturated carbocycles. The van der Waals surface area contributed by atoms with E-state index in [2.05, 4.69) is 6.92 Å². The van der Waals surface area contributed by atoms with Crippen molar-refractivity contribution in [2.24, 2.45) is 11.3 Å². The molecule has 3 fully saturated rings. The molecule has 25 heavy (non-hydrogen) atoms. The Bertz CT molecular complexity index is 644. The van der Waals surface area contributed by atoms with Crippen LogP contribution in [0.3, 0.4) is 0 Å². The van der Waals surface area contributed by atoms with E-state index in [9.17, 15) is 14.7 Å². The van der Waals surface area contributed by atoms with Crippen LogP contribution < -0.4 is 0 Å². The first-order valence-electron chi connectivity index (χ1n) is 9.22. The Labute approximate surface area is 149 Å². The van der Waals surface area contributed by atoms with E-state index in [1.54, 1.807) is 13.8 Å². The molecular formula is C20H30O5. The fourth-order valence-electron chi connectivity index (χ4n) is 4.77. The third kappa shape index (κ3) is 2.85. The molecule has 5 heteroatoms. The fraction of sp³-hybridized carbons (Fsp3) is 0.800. The molecule has 3 aliphatic rings. The molecule has 0 aromatic rings. The van der Waals surface area contributed by atoms with Crippen LogP contribution in [-0.4, -0.2) is 40.3 Å². The van der Waals surface area contributed by atoms with Crippen LogP contribution in [0, 0.1) is 11.3 Å². The fourth-order valence-corrected chi connectivity index (χ4v) is 4.77. The molecule has 0 amide bonds. The molecule has 1 saturated heterocycles. The lowest BCUT2D eigenvalue weighted by Crippen LogP contribution is -2.60. The summed E-state index contributed by atoms with van der Waals surface area (Å²) in [4.78, 5) is 24.9. The molecule has 0 radical (unpaired) electrons. The monoisotopic (exact) mass is 350 g/mol. The highest BCUT2D eigenvalue weighted by atomic mass is 16.7. The zero-order valence-corrected chi connectivity index (χ0v) is 16.1. The molecule has 2 aliphatic carbocycles. The van der Waals surface area contributed by atoms with Crippen LogP contribution in [0.5, 0.6) is 0 Å². The minimum absolute atomic E-state index is 0.112. The summed E-state index contributed by atoms with van der Waals surface area (Å²) >= 11 is 0. The van der Waals surface area contributed by atoms with Crippen molar-refractivity contribution in [3.05, 3.63) is 11.1 Å². The Hall–Kier alpha value is -1.20. The number of ketones is 1. The molecule has 6 atom stereocenters. The first-order valence-corrected chi connectivity index (χ1v) is 9.22. The summed E-state index contributed by atoms with van der Waals surface area (Å²) in [5.41, 5.74) is -0.478. The number of hydrogen-bond donors (Lipinski definition) is 1. The molecule has 0 aromatic heterocycles. The highest BCUT2D eigenvalue weighted by Gasteiger charge is 2.61. The summed E-state index contributed by atoms with van der Waals surface area (Å²) in [6, 6.07) is 0. The van der Waals surface area contributed by atoms with Gasteiger partial charge in [0.15, 0.2) is 11.4 Å². The number of ether oxygens (including phenoxy) is 2. The van der Waals surface area contributed by atoms with Gasteiger partial charge in [-0.2, -0.15) is 0 Å². The number of epoxide rings is 1. The average molecular weight is 350 g/mol. The highest BCUT2D eigenvalue weighted by Crippen LogP contribution is 2.55. The molecule has 1 heterocycles. The summed E-state index contributed by atoms with van der Waals surface area (Å²) in [5, 5.41) is 11.3. The Kier molecular flexibility index (Phi) is 4.20. The molecule has 1 aliphatic heterocycles. The van der Waals surface area contributed by atoms with Crippen molar-refractivity contribution < 1.29 is 24.2 Å². The Morgan fingerprint density at radius 2 is 1.88 bits per heavy atom. The Balaban J connectivity index is 1.84. The summed E-state index contributed by atoms with van der Waals surface area (Å²) in [6.45, 7) is 11.3. The number of fused-ring (bicyclic) bond motifs is 1. The molecule has 0 aromatic carbocycles. The molecule has 0 spiro atoms. The maximum absolute atomic E-state index is 12.5. The van der Waals surface area contributed by atoms with Gasteiger partial charge in [0, 0.05) is 12.3 Å². The van der Waals surface area contributed by atoms with Crippen LogP contribution in [0.2, 0.25) is 0 Å². The summed E-state index contributed by atoms with van der Waals surface area (Å²) in [5.74, 6) is -0.319. The third-order valence-corrected chi connectivity index (χ3v) is 6.88. The minimum Gasteiger partial charge on any atom is -0.457 e. The smallest absolute Gasteiger partial charge is 0.341 e. The van der Waals surface area contributed by atoms with Gasteiger partial charge < -0.3 is 14.6 Å². The van der Waals surface area contributed by atoms with E-state index in [0.717, 1.165) is 17.6 Å². The van der Waals surface area contributed by atoms with Gasteiger partial charge in [-0.05, 0) is 64.9 Å². The normalized spacial score (nSPS) is 46.4. The lowest BCUT2D eigenvalue weighted by atomic mass is 9.53. The van der Waals surface area contributed by atoms with E-state index in [0.29, 0.717) is 19.3 Å². The summed E-state index contributed by atoms with van der Waals surface area (Å²) in [6.07, 6.45) is 1.60. The first kappa shape index (κ1) is 18.6. The van der Waals surface area contributed by atoms with Gasteiger partial charge in [-0.3, -0.25) is 4.79 Å². The van der Waals surface area contributed by atoms with Gasteiger partial charge in [-0.15, -0.1) is 0 Å². The first-order chi connectivity index (χ1) is 11.4. The van der Waals surface area contributed by atoms with E-state index < -0.39 is 23.3 Å². The molecule has 140 valence electrons. The lowest BCUT2D eigenvalue weighted by Gasteiger charge is -2.55. The number of carbonyl (C=O) groups is 2. The number of rotatable bonds is 2. The van der Waals surface area contributed by atoms with Crippen LogP contribution in [-0.2, 0) is 19.1 Å². The number of allylic oxidation sites excluding steroid dienone is 2. The number of esters is 1. The van der Waals surface area contributed by atoms with Gasteiger partial charge in [0.2, 0.25) is 0 Å². The lowest BCUT2D eigenvalue weighted by molar-refractivity contribution is -0.202. The molecule has 0 bridgehead atoms. The molecule has 1 N–H and O–H groups in total. The quantitative estimate of drug-likeness (QED) is 0.471. The van der Waals surface area contributed by atoms with Gasteiger partial charge >= 0.3 is 5.97 Å². The van der Waals surface area contributed by atoms with Crippen molar-refractivity contribution in [2.45, 2.75) is 90.6 Å². The van der Waals surface area contributed by atoms with Gasteiger partial charge in [-0.1, -0.05) is 12.5 Å². The molecule has 5 nitrogen and oxygen atoms in total. The maximum atomic E-state index is 12.5. The van der Waals surface area contributed by atoms with Crippen molar-refractivity contribution >= 4 is 11.8 Å². The van der Waals surface area contributed by atoms with Crippen molar-refractivity contribution in [1.29, 1.82) is 0 Å². The average Bonchev–Trinajstić information content (AvgIpc) is 3.10. The third-order valence-electron chi connectivity index (χ3n) is 6.88. The largest absolute Gasteiger partial charge is 0.457 e. The van der Waals surface area contributed by atoms with Gasteiger partial charge in [-0.25, -0.2) is 4.79 Å². The van der Waals surface area contributed by atoms with Crippen LogP contribution >= 0.6 is 0 Å². The van der Waals surface area contributed by atoms with Crippen LogP contribution in [0.25, 0.3) is 0 Å². The van der Waals surface area contributed by atoms with Crippen LogP contribution in [0.15, 0.2) is 11.1 Å². The second kappa shape index (κ2) is 5.65. The van der Waals surface area contributed by atoms with Crippen LogP contribution in [0.1, 0.15) is 67.2 Å². The zero-order valence-electron chi connectivity index (χ0n) is 16.1. The second-order valence-corrected chi connectivity index (χ2v) is 9.01. The Morgan fingerprint density at radius 1 is 1.28 bits per heavy atom. The van der Waals surface area contributed by atoms with Crippen molar-refractivity contribution in [3.63, 3.8) is 0 Å². The van der Waals surface area contributed by atoms with E-state index >= 15 is 0 Å². The van der Waals surface area contributed by atoms with E-state index in [4.69, 9.17) is 9.47 Å². The van der Waals surface area contributed by atoms with Crippen LogP contribution in [0.4, 0.5) is 0 Å². The van der Waals surface area contributed by atoms with Gasteiger partial charge in [0.05, 0.1) is 6.10 Å². The molecule has 3 unspecified atom stereocenters. The predicted molar refractivity (Wildman–Crippen MR) is 92.9 cm³/mol. The van der Waals surface area contributed by atoms with E-state index in [-0.39, 0.29) is 23.2 Å². The highest BCUT2D eigenvalue weighted by molar-refractivity contribution is 5.97. The van der Waals surface area contributed by atoms with Crippen molar-refractivity contribution in [2.75, 3.05) is 0 Å². The maximum Gasteiger partial charge on any atom is 0.341 e. The topological polar surface area (TPSA) is 76.1 Å². The summed E-state index contributed by atoms with van der Waals surface area (Å²) < 4.78 is 11.1. The number of carbonyl (C=O) groups excluding carboxylic acids is 2. The zero-order chi connectivity index (χ0) is 18.8. The molecule has 3 rings (SSSR count). The van der Waals surface area contributed by atoms with Crippen molar-refractivity contribution in [3.8, 4) is 0 Å². The SMILES string of the molecule is CC(C)=C1CC2[C@@](C)(CC[C@H](OC(=O)C3(C)OC3C)[C@]2(C)O)CC1=O. The predicted octanol–water partition coefficient (Wildman–Crippen LogP) is 2.94.